The monoisotopic (exact) mass is 355 g/mol. The second kappa shape index (κ2) is 7.61. The van der Waals surface area contributed by atoms with Crippen LogP contribution < -0.4 is 15.5 Å². The number of fused-ring (bicyclic) bond motifs is 1. The zero-order valence-electron chi connectivity index (χ0n) is 14.3. The molecule has 0 saturated heterocycles. The summed E-state index contributed by atoms with van der Waals surface area (Å²) < 4.78 is 0. The van der Waals surface area contributed by atoms with Crippen molar-refractivity contribution in [1.29, 1.82) is 0 Å². The van der Waals surface area contributed by atoms with Crippen LogP contribution in [0.5, 0.6) is 0 Å². The van der Waals surface area contributed by atoms with Gasteiger partial charge in [-0.1, -0.05) is 19.1 Å². The molecule has 1 aliphatic rings. The van der Waals surface area contributed by atoms with Gasteiger partial charge in [-0.3, -0.25) is 9.59 Å². The van der Waals surface area contributed by atoms with Crippen LogP contribution >= 0.6 is 11.8 Å². The summed E-state index contributed by atoms with van der Waals surface area (Å²) in [6, 6.07) is 15.3. The van der Waals surface area contributed by atoms with E-state index in [4.69, 9.17) is 0 Å². The Bertz CT molecular complexity index is 776. The molecule has 0 saturated carbocycles. The van der Waals surface area contributed by atoms with Crippen molar-refractivity contribution in [3.63, 3.8) is 0 Å². The van der Waals surface area contributed by atoms with Crippen LogP contribution in [0.3, 0.4) is 0 Å². The van der Waals surface area contributed by atoms with E-state index < -0.39 is 0 Å². The van der Waals surface area contributed by atoms with Gasteiger partial charge >= 0.3 is 0 Å². The van der Waals surface area contributed by atoms with Crippen molar-refractivity contribution in [2.75, 3.05) is 28.6 Å². The third kappa shape index (κ3) is 4.54. The maximum atomic E-state index is 12.4. The van der Waals surface area contributed by atoms with E-state index in [-0.39, 0.29) is 11.8 Å². The molecular weight excluding hydrogens is 334 g/mol. The molecule has 6 heteroatoms. The van der Waals surface area contributed by atoms with Gasteiger partial charge in [0.15, 0.2) is 0 Å². The lowest BCUT2D eigenvalue weighted by Crippen LogP contribution is -2.39. The van der Waals surface area contributed by atoms with Gasteiger partial charge in [0.1, 0.15) is 0 Å². The summed E-state index contributed by atoms with van der Waals surface area (Å²) in [6.45, 7) is 4.80. The summed E-state index contributed by atoms with van der Waals surface area (Å²) in [7, 11) is 0. The Kier molecular flexibility index (Phi) is 5.28. The summed E-state index contributed by atoms with van der Waals surface area (Å²) in [4.78, 5) is 26.8. The molecule has 130 valence electrons. The van der Waals surface area contributed by atoms with Gasteiger partial charge in [-0.15, -0.1) is 11.8 Å². The molecule has 0 fully saturated rings. The Morgan fingerprint density at radius 1 is 1.08 bits per heavy atom. The summed E-state index contributed by atoms with van der Waals surface area (Å²) in [6.07, 6.45) is 0. The Hall–Kier alpha value is -2.47. The number of amides is 2. The number of thioether (sulfide) groups is 1. The number of nitrogens with zero attached hydrogens (tertiary/aromatic N) is 1. The van der Waals surface area contributed by atoms with Crippen molar-refractivity contribution in [2.24, 2.45) is 0 Å². The van der Waals surface area contributed by atoms with Crippen LogP contribution in [0, 0.1) is 0 Å². The number of para-hydroxylation sites is 1. The molecule has 1 atom stereocenters. The highest BCUT2D eigenvalue weighted by Gasteiger charge is 2.23. The molecule has 0 spiro atoms. The van der Waals surface area contributed by atoms with E-state index in [2.05, 4.69) is 34.6 Å². The number of rotatable bonds is 4. The van der Waals surface area contributed by atoms with Crippen molar-refractivity contribution in [1.82, 2.24) is 0 Å². The van der Waals surface area contributed by atoms with E-state index in [0.717, 1.165) is 12.2 Å². The number of hydrogen-bond acceptors (Lipinski definition) is 4. The molecule has 0 radical (unpaired) electrons. The molecule has 1 heterocycles. The lowest BCUT2D eigenvalue weighted by molar-refractivity contribution is -0.115. The molecule has 2 aromatic carbocycles. The van der Waals surface area contributed by atoms with E-state index in [9.17, 15) is 9.59 Å². The molecule has 25 heavy (non-hydrogen) atoms. The molecular formula is C19H21N3O2S. The summed E-state index contributed by atoms with van der Waals surface area (Å²) >= 11 is 1.85. The second-order valence-corrected chi connectivity index (χ2v) is 7.56. The average molecular weight is 355 g/mol. The van der Waals surface area contributed by atoms with Crippen LogP contribution in [0.1, 0.15) is 13.8 Å². The van der Waals surface area contributed by atoms with Gasteiger partial charge in [-0.2, -0.15) is 0 Å². The SMILES string of the molecule is CC(=O)Nc1ccc(NC(=O)CN2C[C@@H](C)Sc3ccccc32)cc1. The summed E-state index contributed by atoms with van der Waals surface area (Å²) in [5.41, 5.74) is 2.54. The standard InChI is InChI=1S/C19H21N3O2S/c1-13-11-22(17-5-3-4-6-18(17)25-13)12-19(24)21-16-9-7-15(8-10-16)20-14(2)23/h3-10,13H,11-12H2,1-2H3,(H,20,23)(H,21,24)/t13-/m1/s1. The first-order chi connectivity index (χ1) is 12.0. The molecule has 0 aliphatic carbocycles. The van der Waals surface area contributed by atoms with Crippen LogP contribution in [-0.2, 0) is 9.59 Å². The van der Waals surface area contributed by atoms with Crippen molar-refractivity contribution >= 4 is 40.6 Å². The molecule has 2 amide bonds. The van der Waals surface area contributed by atoms with Gasteiger partial charge in [0, 0.05) is 35.0 Å². The molecule has 1 aliphatic heterocycles. The van der Waals surface area contributed by atoms with E-state index in [1.807, 2.05) is 23.9 Å². The highest BCUT2D eigenvalue weighted by molar-refractivity contribution is 8.00. The van der Waals surface area contributed by atoms with Gasteiger partial charge in [0.2, 0.25) is 11.8 Å². The minimum atomic E-state index is -0.118. The quantitative estimate of drug-likeness (QED) is 0.880. The Balaban J connectivity index is 1.64. The first-order valence-corrected chi connectivity index (χ1v) is 9.07. The van der Waals surface area contributed by atoms with Crippen LogP contribution in [0.15, 0.2) is 53.4 Å². The average Bonchev–Trinajstić information content (AvgIpc) is 2.56. The fourth-order valence-electron chi connectivity index (χ4n) is 2.84. The maximum absolute atomic E-state index is 12.4. The van der Waals surface area contributed by atoms with Gasteiger partial charge in [-0.05, 0) is 36.4 Å². The van der Waals surface area contributed by atoms with Gasteiger partial charge in [-0.25, -0.2) is 0 Å². The second-order valence-electron chi connectivity index (χ2n) is 6.08. The van der Waals surface area contributed by atoms with E-state index >= 15 is 0 Å². The highest BCUT2D eigenvalue weighted by atomic mass is 32.2. The number of carbonyl (C=O) groups excluding carboxylic acids is 2. The molecule has 2 aromatic rings. The summed E-state index contributed by atoms with van der Waals surface area (Å²) in [5.74, 6) is -0.172. The van der Waals surface area contributed by atoms with Crippen molar-refractivity contribution in [2.45, 2.75) is 24.0 Å². The molecule has 5 nitrogen and oxygen atoms in total. The minimum absolute atomic E-state index is 0.0545. The highest BCUT2D eigenvalue weighted by Crippen LogP contribution is 2.37. The van der Waals surface area contributed by atoms with Crippen LogP contribution in [-0.4, -0.2) is 30.2 Å². The number of carbonyl (C=O) groups is 2. The van der Waals surface area contributed by atoms with Crippen molar-refractivity contribution in [3.05, 3.63) is 48.5 Å². The van der Waals surface area contributed by atoms with Crippen LogP contribution in [0.2, 0.25) is 0 Å². The van der Waals surface area contributed by atoms with Gasteiger partial charge in [0.25, 0.3) is 0 Å². The predicted molar refractivity (Wildman–Crippen MR) is 103 cm³/mol. The lowest BCUT2D eigenvalue weighted by Gasteiger charge is -2.33. The Morgan fingerprint density at radius 2 is 1.72 bits per heavy atom. The fraction of sp³-hybridized carbons (Fsp3) is 0.263. The van der Waals surface area contributed by atoms with Gasteiger partial charge in [0.05, 0.1) is 12.2 Å². The largest absolute Gasteiger partial charge is 0.360 e. The number of nitrogens with one attached hydrogen (secondary N) is 2. The Morgan fingerprint density at radius 3 is 2.40 bits per heavy atom. The maximum Gasteiger partial charge on any atom is 0.243 e. The molecule has 3 rings (SSSR count). The molecule has 0 aromatic heterocycles. The minimum Gasteiger partial charge on any atom is -0.360 e. The third-order valence-electron chi connectivity index (χ3n) is 3.84. The van der Waals surface area contributed by atoms with E-state index in [0.29, 0.717) is 23.2 Å². The third-order valence-corrected chi connectivity index (χ3v) is 4.99. The zero-order valence-corrected chi connectivity index (χ0v) is 15.1. The molecule has 0 unspecified atom stereocenters. The topological polar surface area (TPSA) is 61.4 Å². The van der Waals surface area contributed by atoms with Gasteiger partial charge < -0.3 is 15.5 Å². The van der Waals surface area contributed by atoms with Crippen LogP contribution in [0.4, 0.5) is 17.1 Å². The normalized spacial score (nSPS) is 16.1. The number of benzene rings is 2. The number of anilines is 3. The van der Waals surface area contributed by atoms with Crippen molar-refractivity contribution in [3.8, 4) is 0 Å². The molecule has 0 bridgehead atoms. The number of hydrogen-bond donors (Lipinski definition) is 2. The first-order valence-electron chi connectivity index (χ1n) is 8.19. The van der Waals surface area contributed by atoms with Crippen LogP contribution in [0.25, 0.3) is 0 Å². The Labute approximate surface area is 151 Å². The zero-order chi connectivity index (χ0) is 17.8. The predicted octanol–water partition coefficient (Wildman–Crippen LogP) is 3.58. The van der Waals surface area contributed by atoms with E-state index in [1.54, 1.807) is 24.3 Å². The summed E-state index contributed by atoms with van der Waals surface area (Å²) in [5, 5.41) is 6.06. The van der Waals surface area contributed by atoms with E-state index in [1.165, 1.54) is 11.8 Å². The molecule has 2 N–H and O–H groups in total. The first kappa shape index (κ1) is 17.4. The lowest BCUT2D eigenvalue weighted by atomic mass is 10.2. The fourth-order valence-corrected chi connectivity index (χ4v) is 4.01. The van der Waals surface area contributed by atoms with Crippen molar-refractivity contribution < 1.29 is 9.59 Å². The smallest absolute Gasteiger partial charge is 0.243 e.